The molecule has 4 N–H and O–H groups in total. The van der Waals surface area contributed by atoms with E-state index in [1.54, 1.807) is 0 Å². The molecule has 0 aromatic carbocycles. The van der Waals surface area contributed by atoms with E-state index in [4.69, 9.17) is 5.84 Å². The van der Waals surface area contributed by atoms with Crippen LogP contribution in [0.5, 0.6) is 0 Å². The minimum Gasteiger partial charge on any atom is -0.353 e. The van der Waals surface area contributed by atoms with Crippen molar-refractivity contribution < 1.29 is 13.2 Å². The van der Waals surface area contributed by atoms with Crippen LogP contribution in [-0.2, 0) is 0 Å². The largest absolute Gasteiger partial charge is 0.391 e. The maximum absolute atomic E-state index is 12.0. The van der Waals surface area contributed by atoms with Crippen LogP contribution in [0.4, 0.5) is 13.2 Å². The summed E-state index contributed by atoms with van der Waals surface area (Å²) in [5, 5.41) is 2.57. The fourth-order valence-corrected chi connectivity index (χ4v) is 1.04. The fourth-order valence-electron chi connectivity index (χ4n) is 1.04. The highest BCUT2D eigenvalue weighted by Gasteiger charge is 2.30. The number of hydrazine groups is 1. The second kappa shape index (κ2) is 6.57. The van der Waals surface area contributed by atoms with Gasteiger partial charge in [0, 0.05) is 12.6 Å². The number of guanidine groups is 1. The second-order valence-electron chi connectivity index (χ2n) is 4.09. The third-order valence-corrected chi connectivity index (χ3v) is 1.67. The molecule has 7 heteroatoms. The van der Waals surface area contributed by atoms with Crippen LogP contribution in [-0.4, -0.2) is 24.7 Å². The molecule has 0 aromatic rings. The van der Waals surface area contributed by atoms with Crippen LogP contribution in [0.1, 0.15) is 27.2 Å². The molecule has 0 fully saturated rings. The van der Waals surface area contributed by atoms with Crippen LogP contribution in [0.2, 0.25) is 0 Å². The zero-order chi connectivity index (χ0) is 12.8. The van der Waals surface area contributed by atoms with Crippen LogP contribution in [0.25, 0.3) is 0 Å². The molecular formula is C9H19F3N4. The Morgan fingerprint density at radius 1 is 1.31 bits per heavy atom. The monoisotopic (exact) mass is 240 g/mol. The third-order valence-electron chi connectivity index (χ3n) is 1.67. The lowest BCUT2D eigenvalue weighted by atomic mass is 10.2. The van der Waals surface area contributed by atoms with Gasteiger partial charge in [-0.25, -0.2) is 5.84 Å². The molecule has 1 atom stereocenters. The van der Waals surface area contributed by atoms with Gasteiger partial charge in [-0.15, -0.1) is 0 Å². The molecule has 0 aliphatic carbocycles. The molecule has 4 nitrogen and oxygen atoms in total. The maximum Gasteiger partial charge on any atom is 0.391 e. The SMILES string of the molecule is CC(C)CN=C(NN)NC(C)CC(F)(F)F. The maximum atomic E-state index is 12.0. The second-order valence-corrected chi connectivity index (χ2v) is 4.09. The Hall–Kier alpha value is -0.980. The van der Waals surface area contributed by atoms with Gasteiger partial charge in [0.25, 0.3) is 0 Å². The number of nitrogens with one attached hydrogen (secondary N) is 2. The fraction of sp³-hybridized carbons (Fsp3) is 0.889. The number of aliphatic imine (C=N–C) groups is 1. The smallest absolute Gasteiger partial charge is 0.353 e. The van der Waals surface area contributed by atoms with Gasteiger partial charge >= 0.3 is 6.18 Å². The summed E-state index contributed by atoms with van der Waals surface area (Å²) in [7, 11) is 0. The number of nitrogens with zero attached hydrogens (tertiary/aromatic N) is 1. The number of halogens is 3. The van der Waals surface area contributed by atoms with Gasteiger partial charge in [-0.05, 0) is 12.8 Å². The van der Waals surface area contributed by atoms with Crippen molar-refractivity contribution >= 4 is 5.96 Å². The van der Waals surface area contributed by atoms with Gasteiger partial charge in [-0.2, -0.15) is 13.2 Å². The average molecular weight is 240 g/mol. The summed E-state index contributed by atoms with van der Waals surface area (Å²) in [6.45, 7) is 5.84. The molecule has 0 aliphatic heterocycles. The zero-order valence-electron chi connectivity index (χ0n) is 9.73. The predicted molar refractivity (Wildman–Crippen MR) is 57.7 cm³/mol. The van der Waals surface area contributed by atoms with Gasteiger partial charge in [0.05, 0.1) is 6.42 Å². The summed E-state index contributed by atoms with van der Waals surface area (Å²) < 4.78 is 36.1. The molecular weight excluding hydrogens is 221 g/mol. The normalized spacial score (nSPS) is 15.1. The number of nitrogens with two attached hydrogens (primary N) is 1. The minimum atomic E-state index is -4.19. The number of hydrogen-bond acceptors (Lipinski definition) is 2. The van der Waals surface area contributed by atoms with E-state index in [1.807, 2.05) is 13.8 Å². The van der Waals surface area contributed by atoms with Crippen LogP contribution < -0.4 is 16.6 Å². The average Bonchev–Trinajstić information content (AvgIpc) is 2.08. The van der Waals surface area contributed by atoms with Crippen molar-refractivity contribution in [2.24, 2.45) is 16.8 Å². The lowest BCUT2D eigenvalue weighted by Gasteiger charge is -2.18. The summed E-state index contributed by atoms with van der Waals surface area (Å²) in [6, 6.07) is -0.762. The highest BCUT2D eigenvalue weighted by atomic mass is 19.4. The highest BCUT2D eigenvalue weighted by Crippen LogP contribution is 2.21. The molecule has 0 heterocycles. The molecule has 0 rings (SSSR count). The van der Waals surface area contributed by atoms with E-state index in [9.17, 15) is 13.2 Å². The first-order valence-electron chi connectivity index (χ1n) is 5.09. The van der Waals surface area contributed by atoms with Crippen molar-refractivity contribution in [1.82, 2.24) is 10.7 Å². The van der Waals surface area contributed by atoms with Crippen molar-refractivity contribution in [2.75, 3.05) is 6.54 Å². The lowest BCUT2D eigenvalue weighted by molar-refractivity contribution is -0.138. The van der Waals surface area contributed by atoms with E-state index in [2.05, 4.69) is 15.7 Å². The van der Waals surface area contributed by atoms with Gasteiger partial charge in [-0.3, -0.25) is 10.4 Å². The van der Waals surface area contributed by atoms with Gasteiger partial charge in [0.2, 0.25) is 5.96 Å². The first kappa shape index (κ1) is 15.0. The van der Waals surface area contributed by atoms with Crippen molar-refractivity contribution in [3.8, 4) is 0 Å². The Balaban J connectivity index is 4.16. The van der Waals surface area contributed by atoms with Gasteiger partial charge < -0.3 is 5.32 Å². The summed E-state index contributed by atoms with van der Waals surface area (Å²) in [5.74, 6) is 5.65. The molecule has 96 valence electrons. The van der Waals surface area contributed by atoms with Crippen LogP contribution in [0.3, 0.4) is 0 Å². The molecule has 16 heavy (non-hydrogen) atoms. The Morgan fingerprint density at radius 2 is 1.88 bits per heavy atom. The molecule has 0 radical (unpaired) electrons. The molecule has 0 aromatic heterocycles. The van der Waals surface area contributed by atoms with E-state index >= 15 is 0 Å². The zero-order valence-corrected chi connectivity index (χ0v) is 9.73. The van der Waals surface area contributed by atoms with Crippen LogP contribution in [0.15, 0.2) is 4.99 Å². The Bertz CT molecular complexity index is 225. The van der Waals surface area contributed by atoms with E-state index in [0.29, 0.717) is 12.5 Å². The standard InChI is InChI=1S/C9H19F3N4/c1-6(2)5-14-8(16-13)15-7(3)4-9(10,11)12/h6-7H,4-5,13H2,1-3H3,(H2,14,15,16). The molecule has 0 saturated heterocycles. The van der Waals surface area contributed by atoms with Crippen molar-refractivity contribution in [3.05, 3.63) is 0 Å². The Kier molecular flexibility index (Phi) is 6.17. The lowest BCUT2D eigenvalue weighted by Crippen LogP contribution is -2.46. The van der Waals surface area contributed by atoms with Gasteiger partial charge in [-0.1, -0.05) is 13.8 Å². The van der Waals surface area contributed by atoms with Crippen LogP contribution >= 0.6 is 0 Å². The van der Waals surface area contributed by atoms with E-state index in [0.717, 1.165) is 0 Å². The summed E-state index contributed by atoms with van der Waals surface area (Å²) in [6.07, 6.45) is -5.11. The Labute approximate surface area is 93.5 Å². The van der Waals surface area contributed by atoms with Gasteiger partial charge in [0.1, 0.15) is 0 Å². The predicted octanol–water partition coefficient (Wildman–Crippen LogP) is 1.39. The number of hydrogen-bond donors (Lipinski definition) is 3. The van der Waals surface area contributed by atoms with Crippen molar-refractivity contribution in [3.63, 3.8) is 0 Å². The van der Waals surface area contributed by atoms with E-state index < -0.39 is 18.6 Å². The molecule has 0 saturated carbocycles. The number of alkyl halides is 3. The van der Waals surface area contributed by atoms with Crippen LogP contribution in [0, 0.1) is 5.92 Å². The molecule has 0 aliphatic rings. The quantitative estimate of drug-likeness (QED) is 0.301. The topological polar surface area (TPSA) is 62.4 Å². The molecule has 0 amide bonds. The first-order valence-corrected chi connectivity index (χ1v) is 5.09. The number of rotatable bonds is 4. The Morgan fingerprint density at radius 3 is 2.25 bits per heavy atom. The minimum absolute atomic E-state index is 0.186. The summed E-state index contributed by atoms with van der Waals surface area (Å²) >= 11 is 0. The van der Waals surface area contributed by atoms with Crippen molar-refractivity contribution in [1.29, 1.82) is 0 Å². The van der Waals surface area contributed by atoms with Crippen molar-refractivity contribution in [2.45, 2.75) is 39.4 Å². The highest BCUT2D eigenvalue weighted by molar-refractivity contribution is 5.79. The van der Waals surface area contributed by atoms with Gasteiger partial charge in [0.15, 0.2) is 0 Å². The summed E-state index contributed by atoms with van der Waals surface area (Å²) in [5.41, 5.74) is 2.25. The molecule has 0 spiro atoms. The summed E-state index contributed by atoms with van der Waals surface area (Å²) in [4.78, 5) is 4.01. The first-order chi connectivity index (χ1) is 7.24. The van der Waals surface area contributed by atoms with E-state index in [-0.39, 0.29) is 5.96 Å². The molecule has 0 bridgehead atoms. The molecule has 1 unspecified atom stereocenters. The third kappa shape index (κ3) is 8.34. The van der Waals surface area contributed by atoms with E-state index in [1.165, 1.54) is 6.92 Å².